The van der Waals surface area contributed by atoms with Crippen LogP contribution >= 0.6 is 11.6 Å². The summed E-state index contributed by atoms with van der Waals surface area (Å²) in [4.78, 5) is 8.21. The lowest BCUT2D eigenvalue weighted by Gasteiger charge is -2.04. The molecule has 0 spiro atoms. The van der Waals surface area contributed by atoms with Crippen LogP contribution in [0.15, 0.2) is 42.9 Å². The van der Waals surface area contributed by atoms with E-state index in [-0.39, 0.29) is 0 Å². The normalized spacial score (nSPS) is 10.4. The van der Waals surface area contributed by atoms with Crippen molar-refractivity contribution in [3.8, 4) is 0 Å². The number of hydrogen-bond donors (Lipinski definition) is 1. The molecule has 1 heterocycles. The van der Waals surface area contributed by atoms with Crippen LogP contribution in [0.3, 0.4) is 0 Å². The molecule has 0 bridgehead atoms. The van der Waals surface area contributed by atoms with Crippen molar-refractivity contribution in [2.24, 2.45) is 0 Å². The Bertz CT molecular complexity index is 442. The molecule has 0 aliphatic rings. The number of benzene rings is 1. The van der Waals surface area contributed by atoms with Gasteiger partial charge in [0, 0.05) is 30.2 Å². The zero-order valence-electron chi connectivity index (χ0n) is 9.44. The van der Waals surface area contributed by atoms with Crippen molar-refractivity contribution in [2.75, 3.05) is 6.54 Å². The van der Waals surface area contributed by atoms with E-state index >= 15 is 0 Å². The van der Waals surface area contributed by atoms with E-state index in [0.29, 0.717) is 0 Å². The van der Waals surface area contributed by atoms with Gasteiger partial charge < -0.3 is 5.32 Å². The van der Waals surface area contributed by atoms with Gasteiger partial charge >= 0.3 is 0 Å². The topological polar surface area (TPSA) is 37.8 Å². The van der Waals surface area contributed by atoms with Gasteiger partial charge in [-0.15, -0.1) is 0 Å². The van der Waals surface area contributed by atoms with E-state index in [4.69, 9.17) is 11.6 Å². The fraction of sp³-hybridized carbons (Fsp3) is 0.231. The third kappa shape index (κ3) is 4.13. The van der Waals surface area contributed by atoms with Gasteiger partial charge in [0.15, 0.2) is 0 Å². The Morgan fingerprint density at radius 3 is 2.65 bits per heavy atom. The Balaban J connectivity index is 1.71. The molecular weight excluding hydrogens is 234 g/mol. The van der Waals surface area contributed by atoms with E-state index in [9.17, 15) is 0 Å². The third-order valence-electron chi connectivity index (χ3n) is 2.43. The first-order valence-electron chi connectivity index (χ1n) is 5.54. The van der Waals surface area contributed by atoms with E-state index in [1.54, 1.807) is 18.6 Å². The molecule has 0 aliphatic carbocycles. The molecule has 0 amide bonds. The number of rotatable bonds is 5. The minimum Gasteiger partial charge on any atom is -0.311 e. The average Bonchev–Trinajstić information content (AvgIpc) is 2.38. The fourth-order valence-electron chi connectivity index (χ4n) is 1.52. The van der Waals surface area contributed by atoms with Crippen LogP contribution in [0.4, 0.5) is 0 Å². The Morgan fingerprint density at radius 2 is 1.94 bits per heavy atom. The summed E-state index contributed by atoms with van der Waals surface area (Å²) in [5, 5.41) is 4.11. The van der Waals surface area contributed by atoms with E-state index in [0.717, 1.165) is 30.2 Å². The Labute approximate surface area is 106 Å². The SMILES string of the molecule is Clc1ccc(CCNCc2cnccn2)cc1. The number of hydrogen-bond acceptors (Lipinski definition) is 3. The number of halogens is 1. The highest BCUT2D eigenvalue weighted by molar-refractivity contribution is 6.30. The number of aromatic nitrogens is 2. The number of nitrogens with zero attached hydrogens (tertiary/aromatic N) is 2. The molecule has 0 aliphatic heterocycles. The van der Waals surface area contributed by atoms with E-state index < -0.39 is 0 Å². The summed E-state index contributed by atoms with van der Waals surface area (Å²) in [7, 11) is 0. The van der Waals surface area contributed by atoms with Gasteiger partial charge in [-0.3, -0.25) is 9.97 Å². The zero-order valence-corrected chi connectivity index (χ0v) is 10.2. The molecule has 1 N–H and O–H groups in total. The number of nitrogens with one attached hydrogen (secondary N) is 1. The Hall–Kier alpha value is -1.45. The molecule has 0 radical (unpaired) electrons. The molecule has 0 fully saturated rings. The van der Waals surface area contributed by atoms with Crippen molar-refractivity contribution >= 4 is 11.6 Å². The highest BCUT2D eigenvalue weighted by atomic mass is 35.5. The predicted octanol–water partition coefficient (Wildman–Crippen LogP) is 2.46. The summed E-state index contributed by atoms with van der Waals surface area (Å²) < 4.78 is 0. The van der Waals surface area contributed by atoms with Crippen LogP contribution in [-0.4, -0.2) is 16.5 Å². The van der Waals surface area contributed by atoms with Gasteiger partial charge in [-0.1, -0.05) is 23.7 Å². The Kier molecular flexibility index (Phi) is 4.47. The molecule has 88 valence electrons. The van der Waals surface area contributed by atoms with Gasteiger partial charge in [-0.05, 0) is 30.7 Å². The van der Waals surface area contributed by atoms with Crippen molar-refractivity contribution < 1.29 is 0 Å². The van der Waals surface area contributed by atoms with E-state index in [1.807, 2.05) is 24.3 Å². The first-order valence-corrected chi connectivity index (χ1v) is 5.92. The van der Waals surface area contributed by atoms with Crippen LogP contribution in [0, 0.1) is 0 Å². The molecule has 3 nitrogen and oxygen atoms in total. The van der Waals surface area contributed by atoms with Crippen molar-refractivity contribution in [3.63, 3.8) is 0 Å². The molecule has 0 atom stereocenters. The van der Waals surface area contributed by atoms with E-state index in [1.165, 1.54) is 5.56 Å². The van der Waals surface area contributed by atoms with Crippen LogP contribution in [0.5, 0.6) is 0 Å². The van der Waals surface area contributed by atoms with Crippen LogP contribution in [-0.2, 0) is 13.0 Å². The highest BCUT2D eigenvalue weighted by Crippen LogP contribution is 2.09. The molecule has 4 heteroatoms. The molecule has 1 aromatic carbocycles. The molecule has 2 rings (SSSR count). The van der Waals surface area contributed by atoms with Crippen LogP contribution in [0.25, 0.3) is 0 Å². The maximum Gasteiger partial charge on any atom is 0.0724 e. The summed E-state index contributed by atoms with van der Waals surface area (Å²) >= 11 is 5.82. The van der Waals surface area contributed by atoms with Gasteiger partial charge in [-0.2, -0.15) is 0 Å². The Morgan fingerprint density at radius 1 is 1.12 bits per heavy atom. The molecule has 17 heavy (non-hydrogen) atoms. The summed E-state index contributed by atoms with van der Waals surface area (Å²) in [5.41, 5.74) is 2.24. The maximum atomic E-state index is 5.82. The van der Waals surface area contributed by atoms with Gasteiger partial charge in [0.05, 0.1) is 5.69 Å². The maximum absolute atomic E-state index is 5.82. The lowest BCUT2D eigenvalue weighted by molar-refractivity contribution is 0.672. The molecule has 0 saturated carbocycles. The molecule has 2 aromatic rings. The highest BCUT2D eigenvalue weighted by Gasteiger charge is 1.95. The summed E-state index contributed by atoms with van der Waals surface area (Å²) in [6.45, 7) is 1.67. The molecule has 0 unspecified atom stereocenters. The lowest BCUT2D eigenvalue weighted by Crippen LogP contribution is -2.17. The first-order chi connectivity index (χ1) is 8.34. The largest absolute Gasteiger partial charge is 0.311 e. The zero-order chi connectivity index (χ0) is 11.9. The second-order valence-electron chi connectivity index (χ2n) is 3.75. The van der Waals surface area contributed by atoms with Gasteiger partial charge in [-0.25, -0.2) is 0 Å². The van der Waals surface area contributed by atoms with Gasteiger partial charge in [0.2, 0.25) is 0 Å². The molecule has 0 saturated heterocycles. The molecular formula is C13H14ClN3. The van der Waals surface area contributed by atoms with Crippen LogP contribution < -0.4 is 5.32 Å². The minimum absolute atomic E-state index is 0.751. The van der Waals surface area contributed by atoms with Gasteiger partial charge in [0.1, 0.15) is 0 Å². The quantitative estimate of drug-likeness (QED) is 0.825. The predicted molar refractivity (Wildman–Crippen MR) is 68.9 cm³/mol. The summed E-state index contributed by atoms with van der Waals surface area (Å²) in [5.74, 6) is 0. The van der Waals surface area contributed by atoms with Crippen molar-refractivity contribution in [1.29, 1.82) is 0 Å². The first kappa shape index (κ1) is 12.0. The molecule has 1 aromatic heterocycles. The average molecular weight is 248 g/mol. The third-order valence-corrected chi connectivity index (χ3v) is 2.68. The van der Waals surface area contributed by atoms with Crippen molar-refractivity contribution in [3.05, 3.63) is 59.1 Å². The second-order valence-corrected chi connectivity index (χ2v) is 4.19. The smallest absolute Gasteiger partial charge is 0.0724 e. The van der Waals surface area contributed by atoms with E-state index in [2.05, 4.69) is 15.3 Å². The lowest BCUT2D eigenvalue weighted by atomic mass is 10.1. The van der Waals surface area contributed by atoms with Crippen LogP contribution in [0.1, 0.15) is 11.3 Å². The van der Waals surface area contributed by atoms with Crippen LogP contribution in [0.2, 0.25) is 5.02 Å². The van der Waals surface area contributed by atoms with Crippen molar-refractivity contribution in [2.45, 2.75) is 13.0 Å². The summed E-state index contributed by atoms with van der Waals surface area (Å²) in [6.07, 6.45) is 6.14. The second kappa shape index (κ2) is 6.33. The summed E-state index contributed by atoms with van der Waals surface area (Å²) in [6, 6.07) is 7.93. The monoisotopic (exact) mass is 247 g/mol. The minimum atomic E-state index is 0.751. The van der Waals surface area contributed by atoms with Gasteiger partial charge in [0.25, 0.3) is 0 Å². The van der Waals surface area contributed by atoms with Crippen molar-refractivity contribution in [1.82, 2.24) is 15.3 Å². The fourth-order valence-corrected chi connectivity index (χ4v) is 1.65. The standard InChI is InChI=1S/C13H14ClN3/c14-12-3-1-11(2-4-12)5-6-15-9-13-10-16-7-8-17-13/h1-4,7-8,10,15H,5-6,9H2.